The summed E-state index contributed by atoms with van der Waals surface area (Å²) in [7, 11) is 2.15. The van der Waals surface area contributed by atoms with Crippen molar-refractivity contribution < 1.29 is 0 Å². The highest BCUT2D eigenvalue weighted by molar-refractivity contribution is 5.53. The number of nitrogen functional groups attached to an aromatic ring is 1. The van der Waals surface area contributed by atoms with Crippen molar-refractivity contribution in [2.45, 2.75) is 19.9 Å². The van der Waals surface area contributed by atoms with Crippen molar-refractivity contribution in [2.75, 3.05) is 49.2 Å². The van der Waals surface area contributed by atoms with E-state index in [0.717, 1.165) is 37.8 Å². The van der Waals surface area contributed by atoms with Crippen LogP contribution in [0.4, 0.5) is 17.6 Å². The molecule has 0 amide bonds. The minimum atomic E-state index is 0.328. The van der Waals surface area contributed by atoms with E-state index >= 15 is 0 Å². The first-order chi connectivity index (χ1) is 8.60. The molecule has 1 unspecified atom stereocenters. The van der Waals surface area contributed by atoms with Crippen LogP contribution in [0.15, 0.2) is 6.07 Å². The average Bonchev–Trinajstić information content (AvgIpc) is 2.28. The first-order valence-corrected chi connectivity index (χ1v) is 6.43. The van der Waals surface area contributed by atoms with Crippen LogP contribution in [0.25, 0.3) is 0 Å². The highest BCUT2D eigenvalue weighted by Gasteiger charge is 2.23. The van der Waals surface area contributed by atoms with Gasteiger partial charge in [-0.3, -0.25) is 0 Å². The molecule has 0 aromatic carbocycles. The fraction of sp³-hybridized carbons (Fsp3) is 0.667. The van der Waals surface area contributed by atoms with Gasteiger partial charge in [-0.2, -0.15) is 9.97 Å². The summed E-state index contributed by atoms with van der Waals surface area (Å²) in [5.74, 6) is 2.04. The van der Waals surface area contributed by atoms with E-state index in [0.29, 0.717) is 12.0 Å². The Balaban J connectivity index is 2.21. The lowest BCUT2D eigenvalue weighted by Crippen LogP contribution is -2.50. The second-order valence-electron chi connectivity index (χ2n) is 4.80. The Morgan fingerprint density at radius 2 is 2.22 bits per heavy atom. The standard InChI is InChI=1S/C12H22N6/c1-4-14-10-7-11(16-12(13)15-10)18-6-5-17(3)8-9(18)2/h7,9H,4-6,8H2,1-3H3,(H3,13,14,15,16). The Labute approximate surface area is 108 Å². The quantitative estimate of drug-likeness (QED) is 0.820. The molecule has 2 rings (SSSR count). The van der Waals surface area contributed by atoms with Crippen molar-refractivity contribution in [1.82, 2.24) is 14.9 Å². The van der Waals surface area contributed by atoms with Crippen LogP contribution in [0, 0.1) is 0 Å². The maximum atomic E-state index is 5.77. The third-order valence-corrected chi connectivity index (χ3v) is 3.21. The molecule has 1 atom stereocenters. The number of piperazine rings is 1. The summed E-state index contributed by atoms with van der Waals surface area (Å²) in [4.78, 5) is 13.1. The molecule has 1 aliphatic rings. The Bertz CT molecular complexity index is 408. The van der Waals surface area contributed by atoms with E-state index in [4.69, 9.17) is 5.73 Å². The van der Waals surface area contributed by atoms with E-state index in [1.54, 1.807) is 0 Å². The molecule has 1 aromatic heterocycles. The fourth-order valence-corrected chi connectivity index (χ4v) is 2.35. The van der Waals surface area contributed by atoms with Crippen LogP contribution in [-0.2, 0) is 0 Å². The summed E-state index contributed by atoms with van der Waals surface area (Å²) in [5.41, 5.74) is 5.77. The number of aromatic nitrogens is 2. The molecule has 0 aliphatic carbocycles. The van der Waals surface area contributed by atoms with Crippen LogP contribution in [0.1, 0.15) is 13.8 Å². The first kappa shape index (κ1) is 12.9. The van der Waals surface area contributed by atoms with Gasteiger partial charge >= 0.3 is 0 Å². The van der Waals surface area contributed by atoms with Gasteiger partial charge in [0.15, 0.2) is 0 Å². The summed E-state index contributed by atoms with van der Waals surface area (Å²) < 4.78 is 0. The number of nitrogens with one attached hydrogen (secondary N) is 1. The maximum absolute atomic E-state index is 5.77. The Morgan fingerprint density at radius 1 is 1.44 bits per heavy atom. The van der Waals surface area contributed by atoms with Gasteiger partial charge in [0, 0.05) is 38.3 Å². The van der Waals surface area contributed by atoms with Gasteiger partial charge < -0.3 is 20.9 Å². The third kappa shape index (κ3) is 2.81. The number of nitrogens with two attached hydrogens (primary N) is 1. The third-order valence-electron chi connectivity index (χ3n) is 3.21. The number of hydrogen-bond acceptors (Lipinski definition) is 6. The van der Waals surface area contributed by atoms with Gasteiger partial charge in [0.25, 0.3) is 0 Å². The predicted molar refractivity (Wildman–Crippen MR) is 74.9 cm³/mol. The SMILES string of the molecule is CCNc1cc(N2CCN(C)CC2C)nc(N)n1. The molecule has 0 spiro atoms. The predicted octanol–water partition coefficient (Wildman–Crippen LogP) is 0.631. The molecule has 1 aliphatic heterocycles. The molecular weight excluding hydrogens is 228 g/mol. The largest absolute Gasteiger partial charge is 0.370 e. The van der Waals surface area contributed by atoms with Crippen LogP contribution in [-0.4, -0.2) is 54.1 Å². The minimum absolute atomic E-state index is 0.328. The number of likely N-dealkylation sites (N-methyl/N-ethyl adjacent to an activating group) is 1. The second kappa shape index (κ2) is 5.39. The van der Waals surface area contributed by atoms with Crippen LogP contribution < -0.4 is 16.0 Å². The van der Waals surface area contributed by atoms with Crippen molar-refractivity contribution in [2.24, 2.45) is 0 Å². The van der Waals surface area contributed by atoms with E-state index < -0.39 is 0 Å². The lowest BCUT2D eigenvalue weighted by Gasteiger charge is -2.39. The lowest BCUT2D eigenvalue weighted by atomic mass is 10.2. The molecule has 18 heavy (non-hydrogen) atoms. The van der Waals surface area contributed by atoms with Gasteiger partial charge in [0.05, 0.1) is 0 Å². The molecule has 0 saturated carbocycles. The Hall–Kier alpha value is -1.56. The number of anilines is 3. The smallest absolute Gasteiger partial charge is 0.223 e. The zero-order chi connectivity index (χ0) is 13.1. The van der Waals surface area contributed by atoms with Gasteiger partial charge in [-0.05, 0) is 20.9 Å². The number of nitrogens with zero attached hydrogens (tertiary/aromatic N) is 4. The molecule has 0 radical (unpaired) electrons. The lowest BCUT2D eigenvalue weighted by molar-refractivity contribution is 0.274. The number of rotatable bonds is 3. The van der Waals surface area contributed by atoms with Crippen LogP contribution >= 0.6 is 0 Å². The summed E-state index contributed by atoms with van der Waals surface area (Å²) >= 11 is 0. The van der Waals surface area contributed by atoms with Gasteiger partial charge in [0.1, 0.15) is 11.6 Å². The molecule has 0 bridgehead atoms. The molecule has 6 nitrogen and oxygen atoms in total. The van der Waals surface area contributed by atoms with Gasteiger partial charge in [0.2, 0.25) is 5.95 Å². The minimum Gasteiger partial charge on any atom is -0.370 e. The topological polar surface area (TPSA) is 70.3 Å². The first-order valence-electron chi connectivity index (χ1n) is 6.43. The Morgan fingerprint density at radius 3 is 2.89 bits per heavy atom. The number of hydrogen-bond donors (Lipinski definition) is 2. The average molecular weight is 250 g/mol. The second-order valence-corrected chi connectivity index (χ2v) is 4.80. The maximum Gasteiger partial charge on any atom is 0.223 e. The van der Waals surface area contributed by atoms with Gasteiger partial charge in [-0.15, -0.1) is 0 Å². The Kier molecular flexibility index (Phi) is 3.86. The highest BCUT2D eigenvalue weighted by atomic mass is 15.3. The zero-order valence-electron chi connectivity index (χ0n) is 11.3. The zero-order valence-corrected chi connectivity index (χ0v) is 11.3. The monoisotopic (exact) mass is 250 g/mol. The van der Waals surface area contributed by atoms with E-state index in [9.17, 15) is 0 Å². The van der Waals surface area contributed by atoms with Crippen molar-refractivity contribution in [1.29, 1.82) is 0 Å². The normalized spacial score (nSPS) is 21.1. The van der Waals surface area contributed by atoms with Crippen LogP contribution in [0.5, 0.6) is 0 Å². The summed E-state index contributed by atoms with van der Waals surface area (Å²) in [6, 6.07) is 2.41. The fourth-order valence-electron chi connectivity index (χ4n) is 2.35. The summed E-state index contributed by atoms with van der Waals surface area (Å²) in [6.07, 6.45) is 0. The highest BCUT2D eigenvalue weighted by Crippen LogP contribution is 2.21. The van der Waals surface area contributed by atoms with Gasteiger partial charge in [-0.1, -0.05) is 0 Å². The van der Waals surface area contributed by atoms with E-state index in [-0.39, 0.29) is 0 Å². The van der Waals surface area contributed by atoms with Crippen LogP contribution in [0.3, 0.4) is 0 Å². The molecular formula is C12H22N6. The van der Waals surface area contributed by atoms with Gasteiger partial charge in [-0.25, -0.2) is 0 Å². The van der Waals surface area contributed by atoms with Crippen molar-refractivity contribution in [3.05, 3.63) is 6.07 Å². The molecule has 1 saturated heterocycles. The molecule has 100 valence electrons. The summed E-state index contributed by atoms with van der Waals surface area (Å²) in [5, 5.41) is 3.18. The molecule has 1 aromatic rings. The molecule has 1 fully saturated rings. The van der Waals surface area contributed by atoms with E-state index in [1.165, 1.54) is 0 Å². The van der Waals surface area contributed by atoms with E-state index in [2.05, 4.69) is 39.1 Å². The molecule has 6 heteroatoms. The van der Waals surface area contributed by atoms with Crippen molar-refractivity contribution in [3.8, 4) is 0 Å². The summed E-state index contributed by atoms with van der Waals surface area (Å²) in [6.45, 7) is 8.14. The van der Waals surface area contributed by atoms with Crippen LogP contribution in [0.2, 0.25) is 0 Å². The van der Waals surface area contributed by atoms with Crippen molar-refractivity contribution in [3.63, 3.8) is 0 Å². The van der Waals surface area contributed by atoms with Crippen molar-refractivity contribution >= 4 is 17.6 Å². The molecule has 3 N–H and O–H groups in total. The molecule has 2 heterocycles. The van der Waals surface area contributed by atoms with E-state index in [1.807, 2.05) is 13.0 Å².